The molecule has 0 radical (unpaired) electrons. The molecule has 0 spiro atoms. The zero-order valence-corrected chi connectivity index (χ0v) is 12.2. The molecule has 3 rings (SSSR count). The minimum Gasteiger partial charge on any atom is -0.304 e. The van der Waals surface area contributed by atoms with Crippen LogP contribution in [0, 0.1) is 0 Å². The molecular formula is C16H20N2S. The molecule has 1 aromatic carbocycles. The van der Waals surface area contributed by atoms with Gasteiger partial charge in [0.15, 0.2) is 0 Å². The van der Waals surface area contributed by atoms with Gasteiger partial charge < -0.3 is 5.32 Å². The number of hydrogen-bond acceptors (Lipinski definition) is 3. The Morgan fingerprint density at radius 2 is 2.00 bits per heavy atom. The van der Waals surface area contributed by atoms with E-state index >= 15 is 0 Å². The predicted octanol–water partition coefficient (Wildman–Crippen LogP) is 3.87. The number of aryl methyl sites for hydroxylation is 2. The first-order valence-corrected chi connectivity index (χ1v) is 7.90. The molecule has 3 heteroatoms. The summed E-state index contributed by atoms with van der Waals surface area (Å²) in [6.07, 6.45) is 5.05. The third-order valence-electron chi connectivity index (χ3n) is 3.69. The number of nitrogens with zero attached hydrogens (tertiary/aromatic N) is 1. The highest BCUT2D eigenvalue weighted by atomic mass is 32.1. The number of rotatable bonds is 4. The van der Waals surface area contributed by atoms with Crippen molar-refractivity contribution in [2.75, 3.05) is 0 Å². The van der Waals surface area contributed by atoms with Crippen LogP contribution in [0.2, 0.25) is 0 Å². The Morgan fingerprint density at radius 3 is 2.79 bits per heavy atom. The monoisotopic (exact) mass is 272 g/mol. The van der Waals surface area contributed by atoms with Gasteiger partial charge in [-0.25, -0.2) is 4.98 Å². The third-order valence-corrected chi connectivity index (χ3v) is 5.03. The van der Waals surface area contributed by atoms with Crippen molar-refractivity contribution < 1.29 is 0 Å². The van der Waals surface area contributed by atoms with E-state index in [0.717, 1.165) is 6.54 Å². The van der Waals surface area contributed by atoms with Crippen LogP contribution < -0.4 is 5.32 Å². The maximum atomic E-state index is 4.82. The highest BCUT2D eigenvalue weighted by molar-refractivity contribution is 7.11. The summed E-state index contributed by atoms with van der Waals surface area (Å²) in [4.78, 5) is 6.34. The molecular weight excluding hydrogens is 252 g/mol. The van der Waals surface area contributed by atoms with Crippen molar-refractivity contribution in [2.45, 2.75) is 45.2 Å². The van der Waals surface area contributed by atoms with Crippen molar-refractivity contribution in [1.29, 1.82) is 0 Å². The number of benzene rings is 1. The molecule has 0 amide bonds. The molecule has 1 aliphatic carbocycles. The molecule has 1 N–H and O–H groups in total. The molecule has 0 bridgehead atoms. The Kier molecular flexibility index (Phi) is 3.95. The highest BCUT2D eigenvalue weighted by Crippen LogP contribution is 2.29. The van der Waals surface area contributed by atoms with Crippen molar-refractivity contribution in [2.24, 2.45) is 0 Å². The quantitative estimate of drug-likeness (QED) is 0.914. The average Bonchev–Trinajstić information content (AvgIpc) is 2.90. The number of hydrogen-bond donors (Lipinski definition) is 1. The first kappa shape index (κ1) is 12.8. The van der Waals surface area contributed by atoms with Gasteiger partial charge in [-0.3, -0.25) is 0 Å². The van der Waals surface area contributed by atoms with Gasteiger partial charge in [0.25, 0.3) is 0 Å². The largest absolute Gasteiger partial charge is 0.304 e. The standard InChI is InChI=1S/C16H20N2S/c1-12(17-11-13-7-3-2-4-8-13)16-18-14-9-5-6-10-15(14)19-16/h2-4,7-8,12,17H,5-6,9-11H2,1H3. The van der Waals surface area contributed by atoms with Crippen LogP contribution in [0.25, 0.3) is 0 Å². The number of nitrogens with one attached hydrogen (secondary N) is 1. The van der Waals surface area contributed by atoms with Crippen molar-refractivity contribution in [3.05, 3.63) is 51.5 Å². The smallest absolute Gasteiger partial charge is 0.110 e. The first-order chi connectivity index (χ1) is 9.33. The molecule has 1 aromatic heterocycles. The Balaban J connectivity index is 1.64. The maximum absolute atomic E-state index is 4.82. The summed E-state index contributed by atoms with van der Waals surface area (Å²) in [6.45, 7) is 3.12. The van der Waals surface area contributed by atoms with Crippen LogP contribution in [0.15, 0.2) is 30.3 Å². The predicted molar refractivity (Wildman–Crippen MR) is 80.5 cm³/mol. The zero-order chi connectivity index (χ0) is 13.1. The summed E-state index contributed by atoms with van der Waals surface area (Å²) in [5, 5.41) is 4.82. The lowest BCUT2D eigenvalue weighted by molar-refractivity contribution is 0.569. The van der Waals surface area contributed by atoms with E-state index in [1.807, 2.05) is 11.3 Å². The topological polar surface area (TPSA) is 24.9 Å². The van der Waals surface area contributed by atoms with E-state index in [2.05, 4.69) is 42.6 Å². The molecule has 0 fully saturated rings. The van der Waals surface area contributed by atoms with E-state index in [0.29, 0.717) is 6.04 Å². The zero-order valence-electron chi connectivity index (χ0n) is 11.4. The average molecular weight is 272 g/mol. The Hall–Kier alpha value is -1.19. The normalized spacial score (nSPS) is 16.1. The summed E-state index contributed by atoms with van der Waals surface area (Å²) in [5.74, 6) is 0. The molecule has 19 heavy (non-hydrogen) atoms. The Morgan fingerprint density at radius 1 is 1.21 bits per heavy atom. The summed E-state index contributed by atoms with van der Waals surface area (Å²) in [5.41, 5.74) is 2.69. The van der Waals surface area contributed by atoms with Crippen molar-refractivity contribution >= 4 is 11.3 Å². The van der Waals surface area contributed by atoms with Crippen molar-refractivity contribution in [3.8, 4) is 0 Å². The van der Waals surface area contributed by atoms with Gasteiger partial charge in [-0.05, 0) is 38.2 Å². The van der Waals surface area contributed by atoms with Gasteiger partial charge in [0.1, 0.15) is 5.01 Å². The summed E-state index contributed by atoms with van der Waals surface area (Å²) >= 11 is 1.90. The van der Waals surface area contributed by atoms with Gasteiger partial charge in [-0.15, -0.1) is 11.3 Å². The van der Waals surface area contributed by atoms with E-state index < -0.39 is 0 Å². The van der Waals surface area contributed by atoms with E-state index in [4.69, 9.17) is 4.98 Å². The molecule has 2 nitrogen and oxygen atoms in total. The highest BCUT2D eigenvalue weighted by Gasteiger charge is 2.17. The fourth-order valence-corrected chi connectivity index (χ4v) is 3.69. The van der Waals surface area contributed by atoms with Crippen LogP contribution in [-0.2, 0) is 19.4 Å². The van der Waals surface area contributed by atoms with Crippen LogP contribution in [0.1, 0.15) is 46.9 Å². The maximum Gasteiger partial charge on any atom is 0.110 e. The van der Waals surface area contributed by atoms with Gasteiger partial charge in [-0.2, -0.15) is 0 Å². The Bertz CT molecular complexity index is 509. The minimum atomic E-state index is 0.343. The van der Waals surface area contributed by atoms with E-state index in [1.165, 1.54) is 46.8 Å². The molecule has 0 saturated heterocycles. The molecule has 100 valence electrons. The van der Waals surface area contributed by atoms with Crippen molar-refractivity contribution in [3.63, 3.8) is 0 Å². The van der Waals surface area contributed by atoms with Gasteiger partial charge >= 0.3 is 0 Å². The lowest BCUT2D eigenvalue weighted by atomic mass is 10.0. The number of thiazole rings is 1. The van der Waals surface area contributed by atoms with Gasteiger partial charge in [0.05, 0.1) is 11.7 Å². The number of aromatic nitrogens is 1. The van der Waals surface area contributed by atoms with Gasteiger partial charge in [-0.1, -0.05) is 30.3 Å². The number of fused-ring (bicyclic) bond motifs is 1. The van der Waals surface area contributed by atoms with Crippen LogP contribution in [0.5, 0.6) is 0 Å². The van der Waals surface area contributed by atoms with Gasteiger partial charge in [0.2, 0.25) is 0 Å². The van der Waals surface area contributed by atoms with Crippen LogP contribution >= 0.6 is 11.3 Å². The first-order valence-electron chi connectivity index (χ1n) is 7.09. The van der Waals surface area contributed by atoms with Crippen LogP contribution in [0.3, 0.4) is 0 Å². The fourth-order valence-electron chi connectivity index (χ4n) is 2.51. The SMILES string of the molecule is CC(NCc1ccccc1)c1nc2c(s1)CCCC2. The molecule has 0 saturated carbocycles. The van der Waals surface area contributed by atoms with Crippen LogP contribution in [-0.4, -0.2) is 4.98 Å². The molecule has 2 aromatic rings. The summed E-state index contributed by atoms with van der Waals surface area (Å²) in [6, 6.07) is 10.9. The lowest BCUT2D eigenvalue weighted by Crippen LogP contribution is -2.17. The van der Waals surface area contributed by atoms with E-state index in [9.17, 15) is 0 Å². The third kappa shape index (κ3) is 3.04. The van der Waals surface area contributed by atoms with E-state index in [1.54, 1.807) is 0 Å². The minimum absolute atomic E-state index is 0.343. The summed E-state index contributed by atoms with van der Waals surface area (Å²) in [7, 11) is 0. The Labute approximate surface area is 118 Å². The molecule has 1 aliphatic rings. The second-order valence-corrected chi connectivity index (χ2v) is 6.33. The molecule has 0 aliphatic heterocycles. The molecule has 1 unspecified atom stereocenters. The van der Waals surface area contributed by atoms with Crippen LogP contribution in [0.4, 0.5) is 0 Å². The molecule has 1 atom stereocenters. The molecule has 1 heterocycles. The lowest BCUT2D eigenvalue weighted by Gasteiger charge is -2.10. The summed E-state index contributed by atoms with van der Waals surface area (Å²) < 4.78 is 0. The van der Waals surface area contributed by atoms with E-state index in [-0.39, 0.29) is 0 Å². The fraction of sp³-hybridized carbons (Fsp3) is 0.438. The second kappa shape index (κ2) is 5.85. The van der Waals surface area contributed by atoms with Gasteiger partial charge in [0, 0.05) is 11.4 Å². The second-order valence-electron chi connectivity index (χ2n) is 5.22. The van der Waals surface area contributed by atoms with Crippen molar-refractivity contribution in [1.82, 2.24) is 10.3 Å².